The Morgan fingerprint density at radius 2 is 2.08 bits per heavy atom. The summed E-state index contributed by atoms with van der Waals surface area (Å²) in [5.41, 5.74) is 2.83. The molecule has 4 aromatic rings. The monoisotopic (exact) mass is 483 g/mol. The van der Waals surface area contributed by atoms with Crippen LogP contribution in [0.4, 0.5) is 4.39 Å². The number of carbonyl (C=O) groups excluding carboxylic acids is 1. The van der Waals surface area contributed by atoms with Crippen LogP contribution in [-0.2, 0) is 0 Å². The molecule has 0 bridgehead atoms. The molecule has 0 aliphatic rings. The molecule has 0 unspecified atom stereocenters. The number of hydrogen-bond acceptors (Lipinski definition) is 4. The second-order valence-electron chi connectivity index (χ2n) is 5.34. The normalized spacial score (nSPS) is 11.3. The van der Waals surface area contributed by atoms with E-state index in [1.807, 2.05) is 10.2 Å². The number of hydrogen-bond donors (Lipinski definition) is 0. The van der Waals surface area contributed by atoms with Crippen LogP contribution in [-0.4, -0.2) is 20.2 Å². The molecule has 124 valence electrons. The predicted molar refractivity (Wildman–Crippen MR) is 108 cm³/mol. The van der Waals surface area contributed by atoms with Crippen molar-refractivity contribution in [1.82, 2.24) is 13.9 Å². The fourth-order valence-electron chi connectivity index (χ4n) is 2.78. The standard InChI is InChI=1S/C17H8ClFIN3OS/c18-14-1-2-21-16-12(14)4-10(5-15(16)19)13-7-23(25-20)17-11(13)3-9(8-24)6-22-17/h1-8H. The third kappa shape index (κ3) is 2.80. The first-order valence-corrected chi connectivity index (χ1v) is 10.8. The number of rotatable bonds is 3. The quantitative estimate of drug-likeness (QED) is 0.277. The minimum absolute atomic E-state index is 0.231. The highest BCUT2D eigenvalue weighted by Crippen LogP contribution is 2.36. The lowest BCUT2D eigenvalue weighted by Gasteiger charge is -2.05. The molecule has 3 heterocycles. The molecule has 8 heteroatoms. The summed E-state index contributed by atoms with van der Waals surface area (Å²) in [7, 11) is 1.44. The molecule has 0 N–H and O–H groups in total. The van der Waals surface area contributed by atoms with Crippen molar-refractivity contribution in [3.8, 4) is 11.1 Å². The van der Waals surface area contributed by atoms with Crippen molar-refractivity contribution in [2.24, 2.45) is 0 Å². The van der Waals surface area contributed by atoms with Gasteiger partial charge >= 0.3 is 0 Å². The Bertz CT molecular complexity index is 1150. The number of aromatic nitrogens is 3. The van der Waals surface area contributed by atoms with Gasteiger partial charge in [0.1, 0.15) is 11.3 Å². The van der Waals surface area contributed by atoms with E-state index in [0.29, 0.717) is 27.2 Å². The molecule has 0 aliphatic heterocycles. The van der Waals surface area contributed by atoms with Crippen LogP contribution < -0.4 is 0 Å². The van der Waals surface area contributed by atoms with Gasteiger partial charge in [0, 0.05) is 70.8 Å². The Morgan fingerprint density at radius 1 is 1.24 bits per heavy atom. The van der Waals surface area contributed by atoms with Gasteiger partial charge in [-0.15, -0.1) is 0 Å². The molecular weight excluding hydrogens is 476 g/mol. The molecule has 3 aromatic heterocycles. The van der Waals surface area contributed by atoms with Crippen molar-refractivity contribution >= 4 is 70.1 Å². The summed E-state index contributed by atoms with van der Waals surface area (Å²) in [5, 5.41) is 1.75. The molecule has 0 amide bonds. The molecule has 4 nitrogen and oxygen atoms in total. The zero-order valence-corrected chi connectivity index (χ0v) is 16.1. The maximum atomic E-state index is 14.5. The average Bonchev–Trinajstić information content (AvgIpc) is 3.00. The van der Waals surface area contributed by atoms with Crippen molar-refractivity contribution in [3.05, 3.63) is 59.3 Å². The van der Waals surface area contributed by atoms with E-state index in [-0.39, 0.29) is 5.52 Å². The van der Waals surface area contributed by atoms with Gasteiger partial charge in [0.05, 0.1) is 5.02 Å². The third-order valence-corrected chi connectivity index (χ3v) is 5.93. The Hall–Kier alpha value is -1.71. The van der Waals surface area contributed by atoms with Gasteiger partial charge in [0.2, 0.25) is 0 Å². The Balaban J connectivity index is 2.06. The largest absolute Gasteiger partial charge is 0.298 e. The fraction of sp³-hybridized carbons (Fsp3) is 0. The van der Waals surface area contributed by atoms with Crippen LogP contribution in [0.1, 0.15) is 10.4 Å². The van der Waals surface area contributed by atoms with E-state index in [9.17, 15) is 9.18 Å². The minimum Gasteiger partial charge on any atom is -0.298 e. The first-order chi connectivity index (χ1) is 12.1. The van der Waals surface area contributed by atoms with Gasteiger partial charge in [0.15, 0.2) is 11.9 Å². The molecule has 4 rings (SSSR count). The Labute approximate surface area is 163 Å². The number of aldehydes is 1. The average molecular weight is 484 g/mol. The number of halogens is 3. The van der Waals surface area contributed by atoms with Crippen LogP contribution in [0, 0.1) is 5.82 Å². The highest BCUT2D eigenvalue weighted by molar-refractivity contribution is 14.2. The molecule has 1 aromatic carbocycles. The van der Waals surface area contributed by atoms with Crippen LogP contribution >= 0.6 is 41.9 Å². The van der Waals surface area contributed by atoms with Crippen molar-refractivity contribution in [1.29, 1.82) is 0 Å². The maximum Gasteiger partial charge on any atom is 0.151 e. The summed E-state index contributed by atoms with van der Waals surface area (Å²) in [5.74, 6) is -0.447. The van der Waals surface area contributed by atoms with E-state index in [2.05, 4.69) is 31.2 Å². The van der Waals surface area contributed by atoms with E-state index in [4.69, 9.17) is 11.6 Å². The summed E-state index contributed by atoms with van der Waals surface area (Å²) in [4.78, 5) is 19.5. The molecule has 0 spiro atoms. The summed E-state index contributed by atoms with van der Waals surface area (Å²) in [6, 6.07) is 6.61. The Morgan fingerprint density at radius 3 is 2.84 bits per heavy atom. The van der Waals surface area contributed by atoms with Crippen molar-refractivity contribution in [3.63, 3.8) is 0 Å². The van der Waals surface area contributed by atoms with E-state index in [1.54, 1.807) is 18.2 Å². The molecule has 25 heavy (non-hydrogen) atoms. The lowest BCUT2D eigenvalue weighted by atomic mass is 10.0. The van der Waals surface area contributed by atoms with Gasteiger partial charge < -0.3 is 0 Å². The number of fused-ring (bicyclic) bond motifs is 2. The van der Waals surface area contributed by atoms with Gasteiger partial charge in [-0.2, -0.15) is 0 Å². The lowest BCUT2D eigenvalue weighted by Crippen LogP contribution is -1.88. The molecule has 0 saturated carbocycles. The van der Waals surface area contributed by atoms with Crippen molar-refractivity contribution < 1.29 is 9.18 Å². The van der Waals surface area contributed by atoms with Crippen molar-refractivity contribution in [2.45, 2.75) is 0 Å². The summed E-state index contributed by atoms with van der Waals surface area (Å²) >= 11 is 8.35. The number of carbonyl (C=O) groups is 1. The summed E-state index contributed by atoms with van der Waals surface area (Å²) < 4.78 is 16.4. The van der Waals surface area contributed by atoms with Gasteiger partial charge in [-0.05, 0) is 29.8 Å². The molecule has 0 atom stereocenters. The first-order valence-electron chi connectivity index (χ1n) is 7.12. The zero-order chi connectivity index (χ0) is 17.6. The summed E-state index contributed by atoms with van der Waals surface area (Å²) in [6.45, 7) is 0. The molecule has 0 radical (unpaired) electrons. The topological polar surface area (TPSA) is 47.8 Å². The highest BCUT2D eigenvalue weighted by atomic mass is 127. The zero-order valence-electron chi connectivity index (χ0n) is 12.4. The first kappa shape index (κ1) is 16.7. The number of nitrogens with zero attached hydrogens (tertiary/aromatic N) is 3. The van der Waals surface area contributed by atoms with Gasteiger partial charge in [-0.3, -0.25) is 13.8 Å². The maximum absolute atomic E-state index is 14.5. The number of pyridine rings is 2. The van der Waals surface area contributed by atoms with E-state index < -0.39 is 5.82 Å². The van der Waals surface area contributed by atoms with Crippen LogP contribution in [0.25, 0.3) is 33.1 Å². The lowest BCUT2D eigenvalue weighted by molar-refractivity contribution is 0.112. The fourth-order valence-corrected chi connectivity index (χ4v) is 4.23. The van der Waals surface area contributed by atoms with Crippen molar-refractivity contribution in [2.75, 3.05) is 0 Å². The third-order valence-electron chi connectivity index (χ3n) is 3.90. The van der Waals surface area contributed by atoms with Crippen LogP contribution in [0.15, 0.2) is 42.9 Å². The van der Waals surface area contributed by atoms with E-state index in [1.165, 1.54) is 27.6 Å². The van der Waals surface area contributed by atoms with Gasteiger partial charge in [-0.1, -0.05) is 11.6 Å². The smallest absolute Gasteiger partial charge is 0.151 e. The van der Waals surface area contributed by atoms with Crippen LogP contribution in [0.2, 0.25) is 5.02 Å². The summed E-state index contributed by atoms with van der Waals surface area (Å²) in [6.07, 6.45) is 5.61. The van der Waals surface area contributed by atoms with Gasteiger partial charge in [0.25, 0.3) is 0 Å². The van der Waals surface area contributed by atoms with E-state index >= 15 is 0 Å². The molecule has 0 aliphatic carbocycles. The highest BCUT2D eigenvalue weighted by Gasteiger charge is 2.16. The molecule has 0 fully saturated rings. The predicted octanol–water partition coefficient (Wildman–Crippen LogP) is 5.70. The van der Waals surface area contributed by atoms with Gasteiger partial charge in [-0.25, -0.2) is 9.37 Å². The second-order valence-corrected chi connectivity index (χ2v) is 7.46. The minimum atomic E-state index is -0.447. The second kappa shape index (κ2) is 6.54. The van der Waals surface area contributed by atoms with Crippen LogP contribution in [0.3, 0.4) is 0 Å². The van der Waals surface area contributed by atoms with Crippen LogP contribution in [0.5, 0.6) is 0 Å². The molecular formula is C17H8ClFIN3OS. The molecule has 0 saturated heterocycles. The SMILES string of the molecule is O=Cc1cnc2c(c1)c(-c1cc(F)c3nccc(Cl)c3c1)cn2SI. The van der Waals surface area contributed by atoms with E-state index in [0.717, 1.165) is 17.2 Å². The number of benzene rings is 1. The Kier molecular flexibility index (Phi) is 4.38.